The molecule has 0 bridgehead atoms. The first-order valence-electron chi connectivity index (χ1n) is 4.89. The summed E-state index contributed by atoms with van der Waals surface area (Å²) in [4.78, 5) is 10.3. The van der Waals surface area contributed by atoms with Gasteiger partial charge in [0.05, 0.1) is 11.5 Å². The maximum Gasteiger partial charge on any atom is 0.273 e. The molecule has 0 unspecified atom stereocenters. The van der Waals surface area contributed by atoms with Crippen molar-refractivity contribution < 1.29 is 9.34 Å². The van der Waals surface area contributed by atoms with Crippen molar-refractivity contribution in [2.45, 2.75) is 13.5 Å². The lowest BCUT2D eigenvalue weighted by Gasteiger charge is -1.98. The molecule has 1 aromatic carbocycles. The minimum absolute atomic E-state index is 0.0231. The summed E-state index contributed by atoms with van der Waals surface area (Å²) in [5.74, 6) is 0.525. The summed E-state index contributed by atoms with van der Waals surface area (Å²) in [5.41, 5.74) is 6.45. The van der Waals surface area contributed by atoms with Gasteiger partial charge in [-0.25, -0.2) is 0 Å². The Balaban J connectivity index is 2.46. The summed E-state index contributed by atoms with van der Waals surface area (Å²) in [6.45, 7) is 1.81. The van der Waals surface area contributed by atoms with E-state index in [0.29, 0.717) is 17.0 Å². The Labute approximate surface area is 96.4 Å². The van der Waals surface area contributed by atoms with Crippen molar-refractivity contribution >= 4 is 5.69 Å². The van der Waals surface area contributed by atoms with Gasteiger partial charge in [-0.1, -0.05) is 6.07 Å². The van der Waals surface area contributed by atoms with Crippen molar-refractivity contribution in [3.05, 3.63) is 39.8 Å². The fourth-order valence-corrected chi connectivity index (χ4v) is 1.39. The highest BCUT2D eigenvalue weighted by molar-refractivity contribution is 5.59. The van der Waals surface area contributed by atoms with Crippen LogP contribution in [0.15, 0.2) is 22.6 Å². The van der Waals surface area contributed by atoms with E-state index < -0.39 is 4.92 Å². The summed E-state index contributed by atoms with van der Waals surface area (Å²) in [5, 5.41) is 18.3. The largest absolute Gasteiger partial charge is 0.419 e. The number of aryl methyl sites for hydroxylation is 1. The zero-order valence-electron chi connectivity index (χ0n) is 9.08. The number of hydrogen-bond acceptors (Lipinski definition) is 6. The van der Waals surface area contributed by atoms with Crippen LogP contribution in [0.3, 0.4) is 0 Å². The quantitative estimate of drug-likeness (QED) is 0.635. The minimum Gasteiger partial charge on any atom is -0.419 e. The van der Waals surface area contributed by atoms with Crippen LogP contribution in [0, 0.1) is 17.0 Å². The van der Waals surface area contributed by atoms with Crippen molar-refractivity contribution in [2.24, 2.45) is 5.73 Å². The van der Waals surface area contributed by atoms with Crippen LogP contribution >= 0.6 is 0 Å². The third-order valence-electron chi connectivity index (χ3n) is 2.29. The molecule has 0 fully saturated rings. The van der Waals surface area contributed by atoms with Gasteiger partial charge in [-0.15, -0.1) is 10.2 Å². The van der Waals surface area contributed by atoms with Crippen molar-refractivity contribution in [1.82, 2.24) is 10.2 Å². The predicted molar refractivity (Wildman–Crippen MR) is 59.0 cm³/mol. The number of benzene rings is 1. The third-order valence-corrected chi connectivity index (χ3v) is 2.29. The molecule has 7 heteroatoms. The van der Waals surface area contributed by atoms with Gasteiger partial charge in [0.1, 0.15) is 0 Å². The lowest BCUT2D eigenvalue weighted by Crippen LogP contribution is -1.95. The number of nitrogens with two attached hydrogens (primary N) is 1. The van der Waals surface area contributed by atoms with E-state index in [0.717, 1.165) is 0 Å². The Hall–Kier alpha value is -2.28. The Morgan fingerprint density at radius 1 is 1.47 bits per heavy atom. The molecular formula is C10H10N4O3. The topological polar surface area (TPSA) is 108 Å². The first-order valence-corrected chi connectivity index (χ1v) is 4.89. The Morgan fingerprint density at radius 3 is 2.82 bits per heavy atom. The minimum atomic E-state index is -0.445. The third kappa shape index (κ3) is 2.13. The molecule has 2 aromatic rings. The fourth-order valence-electron chi connectivity index (χ4n) is 1.39. The van der Waals surface area contributed by atoms with E-state index in [4.69, 9.17) is 10.2 Å². The van der Waals surface area contributed by atoms with Gasteiger partial charge in [0, 0.05) is 17.2 Å². The van der Waals surface area contributed by atoms with Crippen molar-refractivity contribution in [3.8, 4) is 11.5 Å². The average Bonchev–Trinajstić information content (AvgIpc) is 2.78. The molecule has 0 saturated carbocycles. The van der Waals surface area contributed by atoms with Crippen molar-refractivity contribution in [3.63, 3.8) is 0 Å². The molecule has 0 amide bonds. The summed E-state index contributed by atoms with van der Waals surface area (Å²) < 4.78 is 5.22. The number of hydrogen-bond donors (Lipinski definition) is 1. The van der Waals surface area contributed by atoms with E-state index in [1.165, 1.54) is 6.07 Å². The molecule has 0 aliphatic heterocycles. The molecule has 0 aliphatic rings. The first-order chi connectivity index (χ1) is 8.11. The maximum absolute atomic E-state index is 10.8. The van der Waals surface area contributed by atoms with Gasteiger partial charge in [-0.05, 0) is 13.0 Å². The Morgan fingerprint density at radius 2 is 2.24 bits per heavy atom. The second-order valence-corrected chi connectivity index (χ2v) is 3.46. The van der Waals surface area contributed by atoms with E-state index in [2.05, 4.69) is 10.2 Å². The van der Waals surface area contributed by atoms with E-state index in [-0.39, 0.29) is 18.1 Å². The zero-order valence-corrected chi connectivity index (χ0v) is 9.08. The molecule has 0 saturated heterocycles. The number of rotatable bonds is 3. The van der Waals surface area contributed by atoms with Gasteiger partial charge in [0.2, 0.25) is 11.8 Å². The normalized spacial score (nSPS) is 10.5. The van der Waals surface area contributed by atoms with Crippen LogP contribution in [-0.2, 0) is 6.54 Å². The molecule has 7 nitrogen and oxygen atoms in total. The summed E-state index contributed by atoms with van der Waals surface area (Å²) >= 11 is 0. The summed E-state index contributed by atoms with van der Waals surface area (Å²) in [6.07, 6.45) is 0. The maximum atomic E-state index is 10.8. The first kappa shape index (κ1) is 11.2. The van der Waals surface area contributed by atoms with Gasteiger partial charge in [-0.2, -0.15) is 0 Å². The summed E-state index contributed by atoms with van der Waals surface area (Å²) in [7, 11) is 0. The second kappa shape index (κ2) is 4.30. The fraction of sp³-hybridized carbons (Fsp3) is 0.200. The molecule has 1 heterocycles. The molecule has 0 atom stereocenters. The molecule has 2 N–H and O–H groups in total. The smallest absolute Gasteiger partial charge is 0.273 e. The van der Waals surface area contributed by atoms with Gasteiger partial charge in [0.15, 0.2) is 0 Å². The molecule has 88 valence electrons. The molecule has 0 radical (unpaired) electrons. The van der Waals surface area contributed by atoms with Crippen LogP contribution in [0.4, 0.5) is 5.69 Å². The van der Waals surface area contributed by atoms with Crippen LogP contribution < -0.4 is 5.73 Å². The molecule has 2 rings (SSSR count). The molecule has 0 aliphatic carbocycles. The SMILES string of the molecule is Cc1ccc(-c2nnc(CN)o2)cc1[N+](=O)[O-]. The predicted octanol–water partition coefficient (Wildman–Crippen LogP) is 1.41. The van der Waals surface area contributed by atoms with E-state index >= 15 is 0 Å². The van der Waals surface area contributed by atoms with Crippen molar-refractivity contribution in [2.75, 3.05) is 0 Å². The van der Waals surface area contributed by atoms with Crippen LogP contribution in [0.2, 0.25) is 0 Å². The van der Waals surface area contributed by atoms with Crippen LogP contribution in [-0.4, -0.2) is 15.1 Å². The zero-order chi connectivity index (χ0) is 12.4. The van der Waals surface area contributed by atoms with Gasteiger partial charge in [0.25, 0.3) is 5.69 Å². The average molecular weight is 234 g/mol. The Bertz CT molecular complexity index is 564. The summed E-state index contributed by atoms with van der Waals surface area (Å²) in [6, 6.07) is 4.74. The van der Waals surface area contributed by atoms with Crippen LogP contribution in [0.5, 0.6) is 0 Å². The van der Waals surface area contributed by atoms with Crippen molar-refractivity contribution in [1.29, 1.82) is 0 Å². The van der Waals surface area contributed by atoms with E-state index in [1.807, 2.05) is 0 Å². The van der Waals surface area contributed by atoms with Gasteiger partial charge in [-0.3, -0.25) is 10.1 Å². The lowest BCUT2D eigenvalue weighted by atomic mass is 10.1. The highest BCUT2D eigenvalue weighted by Gasteiger charge is 2.15. The number of nitro groups is 1. The standard InChI is InChI=1S/C10H10N4O3/c1-6-2-3-7(4-8(6)14(15)16)10-13-12-9(5-11)17-10/h2-4H,5,11H2,1H3. The second-order valence-electron chi connectivity index (χ2n) is 3.46. The monoisotopic (exact) mass is 234 g/mol. The highest BCUT2D eigenvalue weighted by Crippen LogP contribution is 2.25. The molecule has 1 aromatic heterocycles. The molecule has 0 spiro atoms. The number of nitrogens with zero attached hydrogens (tertiary/aromatic N) is 3. The van der Waals surface area contributed by atoms with E-state index in [1.54, 1.807) is 19.1 Å². The number of aromatic nitrogens is 2. The Kier molecular flexibility index (Phi) is 2.84. The van der Waals surface area contributed by atoms with Gasteiger partial charge < -0.3 is 10.2 Å². The highest BCUT2D eigenvalue weighted by atomic mass is 16.6. The molecule has 17 heavy (non-hydrogen) atoms. The van der Waals surface area contributed by atoms with Crippen LogP contribution in [0.1, 0.15) is 11.5 Å². The van der Waals surface area contributed by atoms with E-state index in [9.17, 15) is 10.1 Å². The number of nitro benzene ring substituents is 1. The molecular weight excluding hydrogens is 224 g/mol. The van der Waals surface area contributed by atoms with Gasteiger partial charge >= 0.3 is 0 Å². The van der Waals surface area contributed by atoms with Crippen LogP contribution in [0.25, 0.3) is 11.5 Å². The lowest BCUT2D eigenvalue weighted by molar-refractivity contribution is -0.385.